The van der Waals surface area contributed by atoms with Crippen molar-refractivity contribution in [1.82, 2.24) is 14.8 Å². The average Bonchev–Trinajstić information content (AvgIpc) is 3.91. The van der Waals surface area contributed by atoms with Gasteiger partial charge in [-0.15, -0.1) is 0 Å². The van der Waals surface area contributed by atoms with E-state index in [1.165, 1.54) is 5.56 Å². The lowest BCUT2D eigenvalue weighted by Crippen LogP contribution is -2.46. The molecule has 1 saturated carbocycles. The summed E-state index contributed by atoms with van der Waals surface area (Å²) >= 11 is 0. The molecule has 1 aliphatic heterocycles. The predicted molar refractivity (Wildman–Crippen MR) is 180 cm³/mol. The highest BCUT2D eigenvalue weighted by Gasteiger charge is 2.30. The van der Waals surface area contributed by atoms with Gasteiger partial charge in [0.1, 0.15) is 23.7 Å². The number of carbonyl (C=O) groups excluding carboxylic acids is 1. The lowest BCUT2D eigenvalue weighted by Gasteiger charge is -2.36. The van der Waals surface area contributed by atoms with Crippen LogP contribution in [0.2, 0.25) is 0 Å². The Labute approximate surface area is 269 Å². The summed E-state index contributed by atoms with van der Waals surface area (Å²) < 4.78 is 12.3. The van der Waals surface area contributed by atoms with E-state index in [9.17, 15) is 14.4 Å². The number of hydrogen-bond donors (Lipinski definition) is 2. The zero-order valence-corrected chi connectivity index (χ0v) is 26.8. The molecule has 10 nitrogen and oxygen atoms in total. The van der Waals surface area contributed by atoms with Crippen LogP contribution in [0.4, 0.5) is 17.1 Å². The molecule has 240 valence electrons. The van der Waals surface area contributed by atoms with Gasteiger partial charge in [-0.3, -0.25) is 24.3 Å². The Morgan fingerprint density at radius 3 is 2.41 bits per heavy atom. The van der Waals surface area contributed by atoms with Gasteiger partial charge in [-0.2, -0.15) is 0 Å². The first-order valence-electron chi connectivity index (χ1n) is 15.9. The van der Waals surface area contributed by atoms with Crippen molar-refractivity contribution >= 4 is 23.0 Å². The molecule has 1 amide bonds. The topological polar surface area (TPSA) is 113 Å². The van der Waals surface area contributed by atoms with Gasteiger partial charge in [0, 0.05) is 63.3 Å². The molecule has 3 atom stereocenters. The quantitative estimate of drug-likeness (QED) is 0.271. The van der Waals surface area contributed by atoms with Crippen LogP contribution in [0.25, 0.3) is 11.3 Å². The van der Waals surface area contributed by atoms with Crippen molar-refractivity contribution in [2.24, 2.45) is 5.92 Å². The Hall–Kier alpha value is -4.54. The summed E-state index contributed by atoms with van der Waals surface area (Å²) in [5, 5.41) is 6.22. The molecule has 0 radical (unpaired) electrons. The van der Waals surface area contributed by atoms with Crippen molar-refractivity contribution in [3.8, 4) is 17.0 Å². The largest absolute Gasteiger partial charge is 0.491 e. The van der Waals surface area contributed by atoms with E-state index in [1.54, 1.807) is 43.5 Å². The Morgan fingerprint density at radius 2 is 1.72 bits per heavy atom. The van der Waals surface area contributed by atoms with Crippen molar-refractivity contribution < 1.29 is 14.3 Å². The van der Waals surface area contributed by atoms with Gasteiger partial charge in [0.25, 0.3) is 16.8 Å². The summed E-state index contributed by atoms with van der Waals surface area (Å²) in [6.07, 6.45) is 3.56. The molecular formula is C36H41N5O5. The smallest absolute Gasteiger partial charge is 0.257 e. The van der Waals surface area contributed by atoms with Crippen molar-refractivity contribution in [1.29, 1.82) is 0 Å². The number of benzene rings is 2. The van der Waals surface area contributed by atoms with Crippen LogP contribution in [0, 0.1) is 5.92 Å². The minimum atomic E-state index is -0.562. The van der Waals surface area contributed by atoms with Gasteiger partial charge in [-0.25, -0.2) is 0 Å². The molecule has 46 heavy (non-hydrogen) atoms. The Balaban J connectivity index is 1.24. The van der Waals surface area contributed by atoms with Crippen LogP contribution >= 0.6 is 0 Å². The van der Waals surface area contributed by atoms with Gasteiger partial charge in [-0.05, 0) is 61.6 Å². The lowest BCUT2D eigenvalue weighted by atomic mass is 10.0. The van der Waals surface area contributed by atoms with Gasteiger partial charge in [0.15, 0.2) is 0 Å². The Kier molecular flexibility index (Phi) is 9.19. The van der Waals surface area contributed by atoms with E-state index in [-0.39, 0.29) is 35.7 Å². The number of pyridine rings is 1. The van der Waals surface area contributed by atoms with Crippen LogP contribution in [-0.4, -0.2) is 72.7 Å². The lowest BCUT2D eigenvalue weighted by molar-refractivity contribution is 0.00922. The molecule has 2 heterocycles. The molecule has 10 heteroatoms. The number of likely N-dealkylation sites (N-methyl/N-ethyl adjacent to an activating group) is 1. The third-order valence-electron chi connectivity index (χ3n) is 8.98. The first kappa shape index (κ1) is 31.4. The zero-order valence-electron chi connectivity index (χ0n) is 26.8. The second kappa shape index (κ2) is 13.4. The molecule has 0 spiro atoms. The highest BCUT2D eigenvalue weighted by atomic mass is 16.5. The summed E-state index contributed by atoms with van der Waals surface area (Å²) in [5.41, 5.74) is 3.56. The summed E-state index contributed by atoms with van der Waals surface area (Å²) in [7, 11) is 3.45. The summed E-state index contributed by atoms with van der Waals surface area (Å²) in [6.45, 7) is 6.51. The molecule has 2 aliphatic rings. The first-order chi connectivity index (χ1) is 22.2. The van der Waals surface area contributed by atoms with Crippen LogP contribution in [0.5, 0.6) is 5.75 Å². The molecule has 0 saturated heterocycles. The number of nitrogens with one attached hydrogen (secondary N) is 2. The molecular weight excluding hydrogens is 582 g/mol. The second-order valence-electron chi connectivity index (χ2n) is 12.6. The van der Waals surface area contributed by atoms with Crippen LogP contribution < -0.4 is 26.2 Å². The fourth-order valence-corrected chi connectivity index (χ4v) is 5.92. The predicted octanol–water partition coefficient (Wildman–Crippen LogP) is 4.67. The SMILES string of the molecule is CO[C@H]1CN(C)C(=O)c2cc(Nc3c(NC4CC4)c(=O)c3=O)ccc2OC[C@H](C)N(Cc2ccc(-c3ccccn3)cc2)C[C@@H]1C. The zero-order chi connectivity index (χ0) is 32.4. The molecule has 3 aromatic carbocycles. The minimum Gasteiger partial charge on any atom is -0.491 e. The number of carbonyl (C=O) groups is 1. The molecule has 2 N–H and O–H groups in total. The number of ether oxygens (including phenoxy) is 2. The van der Waals surface area contributed by atoms with E-state index in [1.807, 2.05) is 18.2 Å². The van der Waals surface area contributed by atoms with E-state index in [0.29, 0.717) is 35.8 Å². The highest BCUT2D eigenvalue weighted by Crippen LogP contribution is 2.31. The van der Waals surface area contributed by atoms with E-state index in [4.69, 9.17) is 9.47 Å². The van der Waals surface area contributed by atoms with Gasteiger partial charge in [0.05, 0.1) is 17.4 Å². The van der Waals surface area contributed by atoms with Crippen LogP contribution in [-0.2, 0) is 11.3 Å². The van der Waals surface area contributed by atoms with Crippen molar-refractivity contribution in [2.75, 3.05) is 44.5 Å². The second-order valence-corrected chi connectivity index (χ2v) is 12.6. The minimum absolute atomic E-state index is 0.0214. The van der Waals surface area contributed by atoms with Crippen molar-refractivity contribution in [2.45, 2.75) is 51.4 Å². The van der Waals surface area contributed by atoms with Crippen LogP contribution in [0.1, 0.15) is 42.6 Å². The maximum Gasteiger partial charge on any atom is 0.257 e. The summed E-state index contributed by atoms with van der Waals surface area (Å²) in [5.74, 6) is 0.360. The number of anilines is 3. The first-order valence-corrected chi connectivity index (χ1v) is 15.9. The molecule has 0 bridgehead atoms. The number of fused-ring (bicyclic) bond motifs is 1. The van der Waals surface area contributed by atoms with Gasteiger partial charge in [-0.1, -0.05) is 37.3 Å². The number of aromatic nitrogens is 1. The van der Waals surface area contributed by atoms with E-state index in [0.717, 1.165) is 37.2 Å². The Morgan fingerprint density at radius 1 is 0.957 bits per heavy atom. The monoisotopic (exact) mass is 623 g/mol. The fraction of sp³-hybridized carbons (Fsp3) is 0.389. The standard InChI is InChI=1S/C36H41N5O5/c1-22-18-41(19-24-8-10-25(11-9-24)29-7-5-6-16-37-29)23(2)21-46-30-15-14-27(17-28(30)36(44)40(3)20-31(22)45-4)39-33-32(34(42)35(33)43)38-26-12-13-26/h5-11,14-17,22-23,26,31,38-39H,12-13,18-21H2,1-4H3/t22-,23-,31-/m0/s1. The normalized spacial score (nSPS) is 21.2. The molecule has 6 rings (SSSR count). The Bertz CT molecular complexity index is 1750. The molecule has 1 aromatic heterocycles. The van der Waals surface area contributed by atoms with Gasteiger partial charge < -0.3 is 25.0 Å². The molecule has 1 fully saturated rings. The van der Waals surface area contributed by atoms with Crippen molar-refractivity contribution in [3.63, 3.8) is 0 Å². The van der Waals surface area contributed by atoms with E-state index < -0.39 is 10.9 Å². The van der Waals surface area contributed by atoms with Crippen LogP contribution in [0.15, 0.2) is 76.4 Å². The highest BCUT2D eigenvalue weighted by molar-refractivity contribution is 5.98. The number of methoxy groups -OCH3 is 1. The van der Waals surface area contributed by atoms with Crippen LogP contribution in [0.3, 0.4) is 0 Å². The fourth-order valence-electron chi connectivity index (χ4n) is 5.92. The van der Waals surface area contributed by atoms with Gasteiger partial charge in [0.2, 0.25) is 0 Å². The third-order valence-corrected chi connectivity index (χ3v) is 8.98. The molecule has 0 unspecified atom stereocenters. The van der Waals surface area contributed by atoms with Crippen molar-refractivity contribution in [3.05, 3.63) is 98.4 Å². The number of nitrogens with zero attached hydrogens (tertiary/aromatic N) is 3. The van der Waals surface area contributed by atoms with Gasteiger partial charge >= 0.3 is 0 Å². The number of amides is 1. The molecule has 1 aliphatic carbocycles. The number of hydrogen-bond acceptors (Lipinski definition) is 9. The third kappa shape index (κ3) is 6.83. The van der Waals surface area contributed by atoms with E-state index in [2.05, 4.69) is 58.6 Å². The summed E-state index contributed by atoms with van der Waals surface area (Å²) in [6, 6.07) is 19.9. The maximum atomic E-state index is 13.8. The maximum absolute atomic E-state index is 13.8. The summed E-state index contributed by atoms with van der Waals surface area (Å²) in [4.78, 5) is 46.9. The average molecular weight is 624 g/mol. The number of rotatable bonds is 8. The molecule has 4 aromatic rings. The van der Waals surface area contributed by atoms with E-state index >= 15 is 0 Å².